The Kier molecular flexibility index (Phi) is 4.60. The minimum atomic E-state index is 0.442. The average Bonchev–Trinajstić information content (AvgIpc) is 2.66. The number of fused-ring (bicyclic) bond motifs is 1. The highest BCUT2D eigenvalue weighted by atomic mass is 79.9. The number of nitrogens with two attached hydrogens (primary N) is 1. The molecule has 4 aromatic rings. The third kappa shape index (κ3) is 3.68. The Bertz CT molecular complexity index is 1110. The molecule has 4 N–H and O–H groups in total. The first-order valence-corrected chi connectivity index (χ1v) is 9.16. The van der Waals surface area contributed by atoms with Crippen molar-refractivity contribution in [1.82, 2.24) is 15.0 Å². The van der Waals surface area contributed by atoms with E-state index < -0.39 is 0 Å². The molecule has 6 nitrogen and oxygen atoms in total. The van der Waals surface area contributed by atoms with Crippen LogP contribution in [0.4, 0.5) is 28.7 Å². The maximum atomic E-state index is 6.30. The van der Waals surface area contributed by atoms with Gasteiger partial charge in [-0.15, -0.1) is 0 Å². The van der Waals surface area contributed by atoms with Crippen LogP contribution in [0.3, 0.4) is 0 Å². The number of pyridine rings is 1. The Morgan fingerprint density at radius 1 is 0.889 bits per heavy atom. The van der Waals surface area contributed by atoms with Crippen molar-refractivity contribution in [2.45, 2.75) is 6.92 Å². The van der Waals surface area contributed by atoms with Crippen molar-refractivity contribution in [3.05, 3.63) is 71.1 Å². The highest BCUT2D eigenvalue weighted by Crippen LogP contribution is 2.31. The van der Waals surface area contributed by atoms with Gasteiger partial charge in [-0.3, -0.25) is 4.98 Å². The van der Waals surface area contributed by atoms with Gasteiger partial charge < -0.3 is 16.4 Å². The molecule has 2 aromatic carbocycles. The number of nitrogens with zero attached hydrogens (tertiary/aromatic N) is 3. The van der Waals surface area contributed by atoms with E-state index in [1.54, 1.807) is 0 Å². The largest absolute Gasteiger partial charge is 0.393 e. The summed E-state index contributed by atoms with van der Waals surface area (Å²) >= 11 is 3.42. The maximum Gasteiger partial charge on any atom is 0.159 e. The van der Waals surface area contributed by atoms with Crippen molar-refractivity contribution in [2.24, 2.45) is 0 Å². The molecule has 0 saturated heterocycles. The second kappa shape index (κ2) is 7.20. The SMILES string of the molecule is Cc1ccc2c(Nc3ncnc(Nc4ccc(Br)cc4)c3N)cccc2n1. The second-order valence-corrected chi connectivity index (χ2v) is 6.98. The summed E-state index contributed by atoms with van der Waals surface area (Å²) in [4.78, 5) is 13.1. The van der Waals surface area contributed by atoms with Crippen LogP contribution in [0.25, 0.3) is 10.9 Å². The third-order valence-electron chi connectivity index (χ3n) is 4.12. The van der Waals surface area contributed by atoms with Crippen LogP contribution in [-0.2, 0) is 0 Å². The normalized spacial score (nSPS) is 10.7. The Morgan fingerprint density at radius 3 is 2.41 bits per heavy atom. The number of nitrogens with one attached hydrogen (secondary N) is 2. The molecule has 0 aliphatic carbocycles. The molecule has 0 bridgehead atoms. The second-order valence-electron chi connectivity index (χ2n) is 6.07. The summed E-state index contributed by atoms with van der Waals surface area (Å²) in [5.41, 5.74) is 10.4. The number of rotatable bonds is 4. The number of aromatic nitrogens is 3. The Balaban J connectivity index is 1.66. The maximum absolute atomic E-state index is 6.30. The number of halogens is 1. The minimum absolute atomic E-state index is 0.442. The van der Waals surface area contributed by atoms with Gasteiger partial charge >= 0.3 is 0 Å². The molecule has 27 heavy (non-hydrogen) atoms. The van der Waals surface area contributed by atoms with Crippen LogP contribution in [0, 0.1) is 6.92 Å². The third-order valence-corrected chi connectivity index (χ3v) is 4.64. The van der Waals surface area contributed by atoms with E-state index in [4.69, 9.17) is 5.73 Å². The lowest BCUT2D eigenvalue weighted by Crippen LogP contribution is -2.05. The van der Waals surface area contributed by atoms with Gasteiger partial charge in [0.05, 0.1) is 5.52 Å². The minimum Gasteiger partial charge on any atom is -0.393 e. The van der Waals surface area contributed by atoms with Gasteiger partial charge in [0.1, 0.15) is 12.0 Å². The summed E-state index contributed by atoms with van der Waals surface area (Å²) in [5, 5.41) is 7.53. The monoisotopic (exact) mass is 420 g/mol. The molecule has 2 heterocycles. The first-order chi connectivity index (χ1) is 13.1. The number of aryl methyl sites for hydroxylation is 1. The topological polar surface area (TPSA) is 88.8 Å². The Morgan fingerprint density at radius 2 is 1.63 bits per heavy atom. The van der Waals surface area contributed by atoms with E-state index in [2.05, 4.69) is 41.5 Å². The molecule has 0 saturated carbocycles. The summed E-state index contributed by atoms with van der Waals surface area (Å²) in [6.45, 7) is 1.97. The van der Waals surface area contributed by atoms with Crippen molar-refractivity contribution in [3.8, 4) is 0 Å². The molecular weight excluding hydrogens is 404 g/mol. The van der Waals surface area contributed by atoms with Crippen molar-refractivity contribution >= 4 is 55.5 Å². The fourth-order valence-corrected chi connectivity index (χ4v) is 3.02. The van der Waals surface area contributed by atoms with Crippen molar-refractivity contribution < 1.29 is 0 Å². The smallest absolute Gasteiger partial charge is 0.159 e. The summed E-state index contributed by atoms with van der Waals surface area (Å²) < 4.78 is 1.01. The van der Waals surface area contributed by atoms with Crippen LogP contribution >= 0.6 is 15.9 Å². The predicted molar refractivity (Wildman–Crippen MR) is 114 cm³/mol. The van der Waals surface area contributed by atoms with Gasteiger partial charge in [0.15, 0.2) is 11.6 Å². The van der Waals surface area contributed by atoms with E-state index in [1.165, 1.54) is 6.33 Å². The Labute approximate surface area is 165 Å². The van der Waals surface area contributed by atoms with Crippen LogP contribution in [0.5, 0.6) is 0 Å². The van der Waals surface area contributed by atoms with E-state index in [-0.39, 0.29) is 0 Å². The van der Waals surface area contributed by atoms with Gasteiger partial charge in [-0.05, 0) is 55.5 Å². The van der Waals surface area contributed by atoms with Crippen molar-refractivity contribution in [2.75, 3.05) is 16.4 Å². The predicted octanol–water partition coefficient (Wildman–Crippen LogP) is 5.17. The number of nitrogen functional groups attached to an aromatic ring is 1. The summed E-state index contributed by atoms with van der Waals surface area (Å²) in [7, 11) is 0. The zero-order chi connectivity index (χ0) is 18.8. The van der Waals surface area contributed by atoms with Gasteiger partial charge in [-0.25, -0.2) is 9.97 Å². The molecule has 0 fully saturated rings. The molecular formula is C20H17BrN6. The first-order valence-electron chi connectivity index (χ1n) is 8.36. The number of hydrogen-bond acceptors (Lipinski definition) is 6. The van der Waals surface area contributed by atoms with Crippen LogP contribution in [0.1, 0.15) is 5.69 Å². The quantitative estimate of drug-likeness (QED) is 0.422. The van der Waals surface area contributed by atoms with E-state index in [1.807, 2.05) is 61.5 Å². The zero-order valence-corrected chi connectivity index (χ0v) is 16.2. The van der Waals surface area contributed by atoms with Gasteiger partial charge in [-0.2, -0.15) is 0 Å². The molecule has 0 aliphatic heterocycles. The molecule has 0 unspecified atom stereocenters. The summed E-state index contributed by atoms with van der Waals surface area (Å²) in [6.07, 6.45) is 1.48. The molecule has 2 aromatic heterocycles. The highest BCUT2D eigenvalue weighted by Gasteiger charge is 2.10. The van der Waals surface area contributed by atoms with E-state index in [9.17, 15) is 0 Å². The van der Waals surface area contributed by atoms with Crippen LogP contribution in [0.15, 0.2) is 65.4 Å². The standard InChI is InChI=1S/C20H17BrN6/c1-12-5-10-15-16(25-12)3-2-4-17(15)27-20-18(22)19(23-11-24-20)26-14-8-6-13(21)7-9-14/h2-11H,22H2,1H3,(H2,23,24,26,27). The summed E-state index contributed by atoms with van der Waals surface area (Å²) in [6, 6.07) is 17.7. The van der Waals surface area contributed by atoms with Gasteiger partial charge in [0.25, 0.3) is 0 Å². The van der Waals surface area contributed by atoms with Crippen LogP contribution < -0.4 is 16.4 Å². The van der Waals surface area contributed by atoms with Gasteiger partial charge in [0.2, 0.25) is 0 Å². The van der Waals surface area contributed by atoms with E-state index >= 15 is 0 Å². The zero-order valence-electron chi connectivity index (χ0n) is 14.6. The van der Waals surface area contributed by atoms with Crippen molar-refractivity contribution in [1.29, 1.82) is 0 Å². The fourth-order valence-electron chi connectivity index (χ4n) is 2.76. The first kappa shape index (κ1) is 17.2. The number of anilines is 5. The highest BCUT2D eigenvalue weighted by molar-refractivity contribution is 9.10. The molecule has 4 rings (SSSR count). The fraction of sp³-hybridized carbons (Fsp3) is 0.0500. The molecule has 134 valence electrons. The van der Waals surface area contributed by atoms with E-state index in [0.717, 1.165) is 32.4 Å². The lowest BCUT2D eigenvalue weighted by molar-refractivity contribution is 1.17. The van der Waals surface area contributed by atoms with Crippen molar-refractivity contribution in [3.63, 3.8) is 0 Å². The summed E-state index contributed by atoms with van der Waals surface area (Å²) in [5.74, 6) is 1.08. The Hall–Kier alpha value is -3.19. The molecule has 0 radical (unpaired) electrons. The molecule has 0 spiro atoms. The van der Waals surface area contributed by atoms with Crippen LogP contribution in [0.2, 0.25) is 0 Å². The molecule has 0 amide bonds. The molecule has 0 atom stereocenters. The molecule has 7 heteroatoms. The van der Waals surface area contributed by atoms with Gasteiger partial charge in [0, 0.05) is 26.9 Å². The average molecular weight is 421 g/mol. The number of benzene rings is 2. The number of hydrogen-bond donors (Lipinski definition) is 3. The lowest BCUT2D eigenvalue weighted by atomic mass is 10.1. The molecule has 0 aliphatic rings. The van der Waals surface area contributed by atoms with Crippen LogP contribution in [-0.4, -0.2) is 15.0 Å². The van der Waals surface area contributed by atoms with Gasteiger partial charge in [-0.1, -0.05) is 22.0 Å². The van der Waals surface area contributed by atoms with E-state index in [0.29, 0.717) is 17.3 Å². The lowest BCUT2D eigenvalue weighted by Gasteiger charge is -2.14.